The summed E-state index contributed by atoms with van der Waals surface area (Å²) in [7, 11) is 0. The Bertz CT molecular complexity index is 1230. The molecule has 7 nitrogen and oxygen atoms in total. The molecule has 1 aromatic heterocycles. The lowest BCUT2D eigenvalue weighted by Crippen LogP contribution is -2.35. The van der Waals surface area contributed by atoms with E-state index in [4.69, 9.17) is 9.47 Å². The molecule has 3 aromatic rings. The van der Waals surface area contributed by atoms with Crippen LogP contribution in [0.15, 0.2) is 48.7 Å². The van der Waals surface area contributed by atoms with E-state index in [9.17, 15) is 9.59 Å². The van der Waals surface area contributed by atoms with Gasteiger partial charge in [0.1, 0.15) is 0 Å². The van der Waals surface area contributed by atoms with Crippen molar-refractivity contribution in [3.8, 4) is 11.5 Å². The van der Waals surface area contributed by atoms with Crippen molar-refractivity contribution in [2.45, 2.75) is 33.0 Å². The van der Waals surface area contributed by atoms with E-state index in [0.29, 0.717) is 24.6 Å². The first kappa shape index (κ1) is 20.3. The number of para-hydroxylation sites is 1. The van der Waals surface area contributed by atoms with Crippen molar-refractivity contribution in [1.29, 1.82) is 0 Å². The van der Waals surface area contributed by atoms with Gasteiger partial charge in [-0.1, -0.05) is 31.2 Å². The van der Waals surface area contributed by atoms with Gasteiger partial charge in [0.15, 0.2) is 11.5 Å². The predicted octanol–water partition coefficient (Wildman–Crippen LogP) is 3.40. The fourth-order valence-corrected chi connectivity index (χ4v) is 5.52. The minimum atomic E-state index is -0.254. The molecule has 3 aliphatic rings. The van der Waals surface area contributed by atoms with Crippen LogP contribution in [-0.2, 0) is 29.2 Å². The molecule has 170 valence electrons. The summed E-state index contributed by atoms with van der Waals surface area (Å²) < 4.78 is 13.1. The fraction of sp³-hybridized carbons (Fsp3) is 0.385. The van der Waals surface area contributed by atoms with Gasteiger partial charge in [-0.25, -0.2) is 0 Å². The third kappa shape index (κ3) is 3.38. The number of benzene rings is 2. The molecule has 2 atom stereocenters. The lowest BCUT2D eigenvalue weighted by Gasteiger charge is -2.20. The smallest absolute Gasteiger partial charge is 0.234 e. The number of likely N-dealkylation sites (tertiary alicyclic amines) is 2. The van der Waals surface area contributed by atoms with Gasteiger partial charge in [-0.05, 0) is 35.7 Å². The van der Waals surface area contributed by atoms with Crippen LogP contribution in [0.25, 0.3) is 10.9 Å². The van der Waals surface area contributed by atoms with E-state index in [0.717, 1.165) is 25.1 Å². The molecule has 0 saturated carbocycles. The Labute approximate surface area is 192 Å². The van der Waals surface area contributed by atoms with E-state index < -0.39 is 0 Å². The molecule has 2 amide bonds. The topological polar surface area (TPSA) is 64.0 Å². The number of imide groups is 1. The van der Waals surface area contributed by atoms with E-state index in [1.165, 1.54) is 21.4 Å². The molecule has 0 spiro atoms. The van der Waals surface area contributed by atoms with Crippen molar-refractivity contribution >= 4 is 22.7 Å². The summed E-state index contributed by atoms with van der Waals surface area (Å²) in [4.78, 5) is 30.0. The zero-order valence-electron chi connectivity index (χ0n) is 18.7. The quantitative estimate of drug-likeness (QED) is 0.544. The Kier molecular flexibility index (Phi) is 4.87. The third-order valence-corrected chi connectivity index (χ3v) is 7.07. The van der Waals surface area contributed by atoms with Gasteiger partial charge in [0, 0.05) is 43.3 Å². The molecular weight excluding hydrogens is 418 g/mol. The number of nitrogens with zero attached hydrogens (tertiary/aromatic N) is 3. The second kappa shape index (κ2) is 7.92. The Hall–Kier alpha value is -3.32. The highest BCUT2D eigenvalue weighted by atomic mass is 16.7. The minimum absolute atomic E-state index is 0.0569. The van der Waals surface area contributed by atoms with Crippen LogP contribution in [0.5, 0.6) is 11.5 Å². The van der Waals surface area contributed by atoms with Crippen LogP contribution in [0.2, 0.25) is 0 Å². The third-order valence-electron chi connectivity index (χ3n) is 7.07. The van der Waals surface area contributed by atoms with Crippen molar-refractivity contribution in [2.75, 3.05) is 19.9 Å². The number of ether oxygens (including phenoxy) is 2. The van der Waals surface area contributed by atoms with E-state index in [1.54, 1.807) is 0 Å². The molecule has 4 heterocycles. The SMILES string of the molecule is CCCn1cc(CN2C[C@@H]3C(=O)N(Cc4ccc5c(c4)OCO5)C(=O)[C@@H]3C2)c2ccccc21. The highest BCUT2D eigenvalue weighted by Crippen LogP contribution is 2.37. The van der Waals surface area contributed by atoms with Crippen LogP contribution in [0.4, 0.5) is 0 Å². The molecule has 0 aliphatic carbocycles. The Morgan fingerprint density at radius 1 is 0.939 bits per heavy atom. The van der Waals surface area contributed by atoms with Crippen molar-refractivity contribution in [3.05, 3.63) is 59.8 Å². The highest BCUT2D eigenvalue weighted by molar-refractivity contribution is 6.05. The zero-order valence-corrected chi connectivity index (χ0v) is 18.7. The van der Waals surface area contributed by atoms with Crippen LogP contribution in [0.1, 0.15) is 24.5 Å². The summed E-state index contributed by atoms with van der Waals surface area (Å²) in [5.74, 6) is 0.744. The molecular formula is C26H27N3O4. The van der Waals surface area contributed by atoms with E-state index in [-0.39, 0.29) is 37.0 Å². The average Bonchev–Trinajstić information content (AvgIpc) is 3.58. The number of amides is 2. The van der Waals surface area contributed by atoms with Gasteiger partial charge in [-0.3, -0.25) is 19.4 Å². The first-order valence-electron chi connectivity index (χ1n) is 11.6. The van der Waals surface area contributed by atoms with Crippen molar-refractivity contribution < 1.29 is 19.1 Å². The molecule has 2 saturated heterocycles. The summed E-state index contributed by atoms with van der Waals surface area (Å²) in [5.41, 5.74) is 3.38. The van der Waals surface area contributed by atoms with E-state index in [2.05, 4.69) is 46.9 Å². The van der Waals surface area contributed by atoms with E-state index >= 15 is 0 Å². The number of aryl methyl sites for hydroxylation is 1. The number of aromatic nitrogens is 1. The van der Waals surface area contributed by atoms with Gasteiger partial charge in [0.25, 0.3) is 0 Å². The minimum Gasteiger partial charge on any atom is -0.454 e. The van der Waals surface area contributed by atoms with Crippen LogP contribution >= 0.6 is 0 Å². The summed E-state index contributed by atoms with van der Waals surface area (Å²) in [6, 6.07) is 14.0. The molecule has 2 aromatic carbocycles. The highest BCUT2D eigenvalue weighted by Gasteiger charge is 2.52. The Balaban J connectivity index is 1.17. The van der Waals surface area contributed by atoms with Gasteiger partial charge in [0.2, 0.25) is 18.6 Å². The van der Waals surface area contributed by atoms with Crippen molar-refractivity contribution in [2.24, 2.45) is 11.8 Å². The summed E-state index contributed by atoms with van der Waals surface area (Å²) >= 11 is 0. The number of hydrogen-bond donors (Lipinski definition) is 0. The molecule has 0 bridgehead atoms. The maximum Gasteiger partial charge on any atom is 0.234 e. The number of rotatable bonds is 6. The number of hydrogen-bond acceptors (Lipinski definition) is 5. The molecule has 3 aliphatic heterocycles. The zero-order chi connectivity index (χ0) is 22.5. The normalized spacial score (nSPS) is 22.0. The molecule has 0 unspecified atom stereocenters. The number of carbonyl (C=O) groups excluding carboxylic acids is 2. The lowest BCUT2D eigenvalue weighted by atomic mass is 10.00. The lowest BCUT2D eigenvalue weighted by molar-refractivity contribution is -0.141. The average molecular weight is 446 g/mol. The van der Waals surface area contributed by atoms with Gasteiger partial charge in [-0.15, -0.1) is 0 Å². The molecule has 6 rings (SSSR count). The molecule has 33 heavy (non-hydrogen) atoms. The maximum atomic E-state index is 13.2. The van der Waals surface area contributed by atoms with Gasteiger partial charge < -0.3 is 14.0 Å². The summed E-state index contributed by atoms with van der Waals surface area (Å²) in [6.07, 6.45) is 3.31. The van der Waals surface area contributed by atoms with Crippen LogP contribution in [-0.4, -0.2) is 46.1 Å². The fourth-order valence-electron chi connectivity index (χ4n) is 5.52. The maximum absolute atomic E-state index is 13.2. The number of fused-ring (bicyclic) bond motifs is 3. The van der Waals surface area contributed by atoms with Crippen LogP contribution in [0.3, 0.4) is 0 Å². The molecule has 0 N–H and O–H groups in total. The Morgan fingerprint density at radius 2 is 1.70 bits per heavy atom. The Morgan fingerprint density at radius 3 is 2.48 bits per heavy atom. The molecule has 2 fully saturated rings. The standard InChI is InChI=1S/C26H27N3O4/c1-2-9-28-13-18(19-5-3-4-6-22(19)28)12-27-14-20-21(15-27)26(31)29(25(20)30)11-17-7-8-23-24(10-17)33-16-32-23/h3-8,10,13,20-21H,2,9,11-12,14-16H2,1H3/t20-,21+. The van der Waals surface area contributed by atoms with E-state index in [1.807, 2.05) is 18.2 Å². The van der Waals surface area contributed by atoms with Crippen LogP contribution in [0, 0.1) is 11.8 Å². The molecule has 7 heteroatoms. The number of carbonyl (C=O) groups is 2. The van der Waals surface area contributed by atoms with Crippen molar-refractivity contribution in [1.82, 2.24) is 14.4 Å². The predicted molar refractivity (Wildman–Crippen MR) is 123 cm³/mol. The second-order valence-electron chi connectivity index (χ2n) is 9.22. The van der Waals surface area contributed by atoms with Gasteiger partial charge in [0.05, 0.1) is 18.4 Å². The second-order valence-corrected chi connectivity index (χ2v) is 9.22. The van der Waals surface area contributed by atoms with Crippen LogP contribution < -0.4 is 9.47 Å². The monoisotopic (exact) mass is 445 g/mol. The summed E-state index contributed by atoms with van der Waals surface area (Å²) in [6.45, 7) is 5.66. The summed E-state index contributed by atoms with van der Waals surface area (Å²) in [5, 5.41) is 1.25. The largest absolute Gasteiger partial charge is 0.454 e. The van der Waals surface area contributed by atoms with Crippen molar-refractivity contribution in [3.63, 3.8) is 0 Å². The molecule has 0 radical (unpaired) electrons. The van der Waals surface area contributed by atoms with Gasteiger partial charge >= 0.3 is 0 Å². The first-order chi connectivity index (χ1) is 16.1. The first-order valence-corrected chi connectivity index (χ1v) is 11.6. The van der Waals surface area contributed by atoms with Gasteiger partial charge in [-0.2, -0.15) is 0 Å².